The van der Waals surface area contributed by atoms with Gasteiger partial charge in [-0.15, -0.1) is 0 Å². The van der Waals surface area contributed by atoms with Crippen LogP contribution in [0.3, 0.4) is 0 Å². The number of nitrogens with one attached hydrogen (secondary N) is 1. The molecular formula is C15H31NO2. The molecule has 1 rings (SSSR count). The standard InChI is InChI=1S/C15H31NO2/c1-3-4-5-6-10-18-12-14(17)11-16-15-9-7-8-13(15)2/h13-17H,3-12H2,1-2H3. The molecule has 0 saturated heterocycles. The van der Waals surface area contributed by atoms with Gasteiger partial charge in [0.05, 0.1) is 12.7 Å². The fourth-order valence-corrected chi connectivity index (χ4v) is 2.65. The Labute approximate surface area is 112 Å². The third-order valence-corrected chi connectivity index (χ3v) is 3.93. The van der Waals surface area contributed by atoms with Gasteiger partial charge in [0, 0.05) is 19.2 Å². The van der Waals surface area contributed by atoms with Gasteiger partial charge < -0.3 is 15.2 Å². The van der Waals surface area contributed by atoms with Crippen LogP contribution in [-0.2, 0) is 4.74 Å². The molecule has 3 unspecified atom stereocenters. The van der Waals surface area contributed by atoms with E-state index >= 15 is 0 Å². The molecule has 0 heterocycles. The van der Waals surface area contributed by atoms with E-state index in [-0.39, 0.29) is 6.10 Å². The maximum atomic E-state index is 9.81. The van der Waals surface area contributed by atoms with E-state index in [0.717, 1.165) is 18.9 Å². The van der Waals surface area contributed by atoms with Crippen LogP contribution in [0.2, 0.25) is 0 Å². The van der Waals surface area contributed by atoms with E-state index in [9.17, 15) is 5.11 Å². The minimum atomic E-state index is -0.357. The number of hydrogen-bond acceptors (Lipinski definition) is 3. The van der Waals surface area contributed by atoms with Gasteiger partial charge in [-0.1, -0.05) is 39.5 Å². The van der Waals surface area contributed by atoms with Crippen LogP contribution in [0.1, 0.15) is 58.8 Å². The van der Waals surface area contributed by atoms with Crippen molar-refractivity contribution >= 4 is 0 Å². The average molecular weight is 257 g/mol. The Kier molecular flexibility index (Phi) is 8.64. The molecule has 18 heavy (non-hydrogen) atoms. The van der Waals surface area contributed by atoms with E-state index in [2.05, 4.69) is 19.2 Å². The zero-order chi connectivity index (χ0) is 13.2. The Morgan fingerprint density at radius 2 is 2.11 bits per heavy atom. The summed E-state index contributed by atoms with van der Waals surface area (Å²) >= 11 is 0. The van der Waals surface area contributed by atoms with Crippen LogP contribution in [0.4, 0.5) is 0 Å². The summed E-state index contributed by atoms with van der Waals surface area (Å²) in [6.45, 7) is 6.43. The predicted molar refractivity (Wildman–Crippen MR) is 75.8 cm³/mol. The number of unbranched alkanes of at least 4 members (excludes halogenated alkanes) is 3. The average Bonchev–Trinajstić information content (AvgIpc) is 2.77. The molecule has 0 bridgehead atoms. The van der Waals surface area contributed by atoms with Crippen molar-refractivity contribution < 1.29 is 9.84 Å². The molecule has 2 N–H and O–H groups in total. The SMILES string of the molecule is CCCCCCOCC(O)CNC1CCCC1C. The van der Waals surface area contributed by atoms with Gasteiger partial charge in [0.15, 0.2) is 0 Å². The van der Waals surface area contributed by atoms with Gasteiger partial charge in [0.25, 0.3) is 0 Å². The molecule has 1 aliphatic rings. The number of aliphatic hydroxyl groups excluding tert-OH is 1. The van der Waals surface area contributed by atoms with Crippen LogP contribution in [0.15, 0.2) is 0 Å². The molecule has 0 radical (unpaired) electrons. The molecule has 1 fully saturated rings. The van der Waals surface area contributed by atoms with E-state index in [1.165, 1.54) is 38.5 Å². The number of aliphatic hydroxyl groups is 1. The highest BCUT2D eigenvalue weighted by atomic mass is 16.5. The summed E-state index contributed by atoms with van der Waals surface area (Å²) in [6, 6.07) is 0.601. The molecule has 3 heteroatoms. The lowest BCUT2D eigenvalue weighted by atomic mass is 10.1. The summed E-state index contributed by atoms with van der Waals surface area (Å²) in [5.74, 6) is 0.757. The van der Waals surface area contributed by atoms with E-state index in [1.807, 2.05) is 0 Å². The first-order chi connectivity index (χ1) is 8.74. The molecule has 0 spiro atoms. The third kappa shape index (κ3) is 6.72. The summed E-state index contributed by atoms with van der Waals surface area (Å²) < 4.78 is 5.49. The molecule has 0 aromatic heterocycles. The lowest BCUT2D eigenvalue weighted by Gasteiger charge is -2.19. The molecule has 1 aliphatic carbocycles. The topological polar surface area (TPSA) is 41.5 Å². The van der Waals surface area contributed by atoms with Gasteiger partial charge in [0.1, 0.15) is 0 Å². The van der Waals surface area contributed by atoms with Crippen molar-refractivity contribution in [1.82, 2.24) is 5.32 Å². The molecule has 3 nitrogen and oxygen atoms in total. The van der Waals surface area contributed by atoms with Crippen molar-refractivity contribution in [2.24, 2.45) is 5.92 Å². The Balaban J connectivity index is 1.92. The van der Waals surface area contributed by atoms with E-state index in [1.54, 1.807) is 0 Å². The van der Waals surface area contributed by atoms with Gasteiger partial charge in [-0.3, -0.25) is 0 Å². The molecule has 0 aromatic rings. The first-order valence-electron chi connectivity index (χ1n) is 7.73. The Morgan fingerprint density at radius 1 is 1.28 bits per heavy atom. The Bertz CT molecular complexity index is 199. The third-order valence-electron chi connectivity index (χ3n) is 3.93. The van der Waals surface area contributed by atoms with Crippen molar-refractivity contribution in [2.45, 2.75) is 70.9 Å². The second-order valence-electron chi connectivity index (χ2n) is 5.71. The summed E-state index contributed by atoms with van der Waals surface area (Å²) in [5.41, 5.74) is 0. The molecule has 108 valence electrons. The molecule has 0 aromatic carbocycles. The highest BCUT2D eigenvalue weighted by Gasteiger charge is 2.23. The molecule has 3 atom stereocenters. The maximum absolute atomic E-state index is 9.81. The lowest BCUT2D eigenvalue weighted by Crippen LogP contribution is -2.38. The van der Waals surface area contributed by atoms with Gasteiger partial charge in [-0.25, -0.2) is 0 Å². The van der Waals surface area contributed by atoms with Crippen LogP contribution < -0.4 is 5.32 Å². The Hall–Kier alpha value is -0.120. The fourth-order valence-electron chi connectivity index (χ4n) is 2.65. The van der Waals surface area contributed by atoms with E-state index in [0.29, 0.717) is 19.2 Å². The van der Waals surface area contributed by atoms with Crippen molar-refractivity contribution in [3.05, 3.63) is 0 Å². The number of ether oxygens (including phenoxy) is 1. The smallest absolute Gasteiger partial charge is 0.0897 e. The summed E-state index contributed by atoms with van der Waals surface area (Å²) in [7, 11) is 0. The van der Waals surface area contributed by atoms with Crippen LogP contribution in [0.5, 0.6) is 0 Å². The van der Waals surface area contributed by atoms with E-state index in [4.69, 9.17) is 4.74 Å². The van der Waals surface area contributed by atoms with Gasteiger partial charge >= 0.3 is 0 Å². The second kappa shape index (κ2) is 9.76. The first kappa shape index (κ1) is 15.9. The number of hydrogen-bond donors (Lipinski definition) is 2. The molecular weight excluding hydrogens is 226 g/mol. The van der Waals surface area contributed by atoms with Crippen molar-refractivity contribution in [2.75, 3.05) is 19.8 Å². The summed E-state index contributed by atoms with van der Waals surface area (Å²) in [4.78, 5) is 0. The Morgan fingerprint density at radius 3 is 2.78 bits per heavy atom. The quantitative estimate of drug-likeness (QED) is 0.591. The normalized spacial score (nSPS) is 25.5. The highest BCUT2D eigenvalue weighted by Crippen LogP contribution is 2.24. The first-order valence-corrected chi connectivity index (χ1v) is 7.73. The van der Waals surface area contributed by atoms with Crippen LogP contribution in [-0.4, -0.2) is 37.0 Å². The van der Waals surface area contributed by atoms with Gasteiger partial charge in [-0.05, 0) is 25.2 Å². The zero-order valence-electron chi connectivity index (χ0n) is 12.2. The van der Waals surface area contributed by atoms with Crippen LogP contribution >= 0.6 is 0 Å². The van der Waals surface area contributed by atoms with Crippen LogP contribution in [0, 0.1) is 5.92 Å². The second-order valence-corrected chi connectivity index (χ2v) is 5.71. The molecule has 0 amide bonds. The van der Waals surface area contributed by atoms with Crippen LogP contribution in [0.25, 0.3) is 0 Å². The number of rotatable bonds is 10. The summed E-state index contributed by atoms with van der Waals surface area (Å²) in [5, 5.41) is 13.3. The molecule has 0 aliphatic heterocycles. The van der Waals surface area contributed by atoms with Crippen molar-refractivity contribution in [3.8, 4) is 0 Å². The minimum Gasteiger partial charge on any atom is -0.389 e. The maximum Gasteiger partial charge on any atom is 0.0897 e. The lowest BCUT2D eigenvalue weighted by molar-refractivity contribution is 0.0336. The predicted octanol–water partition coefficient (Wildman–Crippen LogP) is 2.72. The van der Waals surface area contributed by atoms with Gasteiger partial charge in [-0.2, -0.15) is 0 Å². The fraction of sp³-hybridized carbons (Fsp3) is 1.00. The minimum absolute atomic E-state index is 0.357. The monoisotopic (exact) mass is 257 g/mol. The molecule has 1 saturated carbocycles. The van der Waals surface area contributed by atoms with Crippen molar-refractivity contribution in [3.63, 3.8) is 0 Å². The zero-order valence-corrected chi connectivity index (χ0v) is 12.2. The van der Waals surface area contributed by atoms with Gasteiger partial charge in [0.2, 0.25) is 0 Å². The summed E-state index contributed by atoms with van der Waals surface area (Å²) in [6.07, 6.45) is 8.44. The van der Waals surface area contributed by atoms with Crippen molar-refractivity contribution in [1.29, 1.82) is 0 Å². The van der Waals surface area contributed by atoms with E-state index < -0.39 is 0 Å². The largest absolute Gasteiger partial charge is 0.389 e. The highest BCUT2D eigenvalue weighted by molar-refractivity contribution is 4.80.